The fourth-order valence-corrected chi connectivity index (χ4v) is 5.36. The fourth-order valence-electron chi connectivity index (χ4n) is 3.73. The lowest BCUT2D eigenvalue weighted by molar-refractivity contribution is -0.120. The molecule has 1 amide bonds. The van der Waals surface area contributed by atoms with Gasteiger partial charge in [0.2, 0.25) is 0 Å². The summed E-state index contributed by atoms with van der Waals surface area (Å²) in [5, 5.41) is 0.503. The Kier molecular flexibility index (Phi) is 6.81. The summed E-state index contributed by atoms with van der Waals surface area (Å²) >= 11 is 6.02. The normalized spacial score (nSPS) is 14.2. The third-order valence-corrected chi connectivity index (χ3v) is 7.58. The lowest BCUT2D eigenvalue weighted by Crippen LogP contribution is -2.38. The molecule has 33 heavy (non-hydrogen) atoms. The number of likely N-dealkylation sites (tertiary alicyclic amines) is 1. The van der Waals surface area contributed by atoms with E-state index in [9.17, 15) is 18.0 Å². The van der Waals surface area contributed by atoms with Crippen LogP contribution in [0.15, 0.2) is 83.8 Å². The summed E-state index contributed by atoms with van der Waals surface area (Å²) in [5.74, 6) is -0.143. The first kappa shape index (κ1) is 23.0. The second-order valence-corrected chi connectivity index (χ2v) is 10.1. The van der Waals surface area contributed by atoms with Crippen LogP contribution < -0.4 is 4.31 Å². The maximum atomic E-state index is 13.7. The van der Waals surface area contributed by atoms with Gasteiger partial charge in [0.25, 0.3) is 15.9 Å². The van der Waals surface area contributed by atoms with Gasteiger partial charge in [0, 0.05) is 36.5 Å². The highest BCUT2D eigenvalue weighted by atomic mass is 35.5. The maximum Gasteiger partial charge on any atom is 0.264 e. The molecule has 1 aliphatic rings. The number of amides is 1. The van der Waals surface area contributed by atoms with Crippen molar-refractivity contribution in [3.8, 4) is 0 Å². The van der Waals surface area contributed by atoms with Crippen LogP contribution in [0, 0.1) is 0 Å². The number of anilines is 1. The minimum atomic E-state index is -4.00. The molecule has 0 radical (unpaired) electrons. The second-order valence-electron chi connectivity index (χ2n) is 7.83. The predicted molar refractivity (Wildman–Crippen MR) is 128 cm³/mol. The Morgan fingerprint density at radius 3 is 2.24 bits per heavy atom. The maximum absolute atomic E-state index is 13.7. The fraction of sp³-hybridized carbons (Fsp3) is 0.200. The van der Waals surface area contributed by atoms with E-state index in [1.165, 1.54) is 16.4 Å². The minimum absolute atomic E-state index is 0.0207. The number of halogens is 1. The number of nitrogens with zero attached hydrogens (tertiary/aromatic N) is 2. The van der Waals surface area contributed by atoms with E-state index in [0.717, 1.165) is 5.56 Å². The number of hydrogen-bond acceptors (Lipinski definition) is 4. The summed E-state index contributed by atoms with van der Waals surface area (Å²) in [4.78, 5) is 26.1. The minimum Gasteiger partial charge on any atom is -0.338 e. The standard InChI is InChI=1S/C25H23ClN2O4S/c26-21-9-11-22(12-10-21)28(18-19-5-2-1-3-6-19)33(31,32)24-8-4-7-20(17-24)25(30)27-15-13-23(29)14-16-27/h1-12,17H,13-16,18H2. The lowest BCUT2D eigenvalue weighted by Gasteiger charge is -2.27. The molecule has 3 aromatic rings. The summed E-state index contributed by atoms with van der Waals surface area (Å²) in [6.45, 7) is 0.816. The van der Waals surface area contributed by atoms with E-state index < -0.39 is 10.0 Å². The molecule has 170 valence electrons. The molecule has 1 fully saturated rings. The average molecular weight is 483 g/mol. The number of benzene rings is 3. The zero-order valence-corrected chi connectivity index (χ0v) is 19.4. The number of sulfonamides is 1. The molecule has 0 N–H and O–H groups in total. The van der Waals surface area contributed by atoms with Crippen molar-refractivity contribution < 1.29 is 18.0 Å². The van der Waals surface area contributed by atoms with E-state index >= 15 is 0 Å². The zero-order chi connectivity index (χ0) is 23.4. The quantitative estimate of drug-likeness (QED) is 0.517. The molecule has 1 heterocycles. The molecular formula is C25H23ClN2O4S. The molecule has 0 saturated carbocycles. The number of hydrogen-bond donors (Lipinski definition) is 0. The van der Waals surface area contributed by atoms with Crippen molar-refractivity contribution in [2.45, 2.75) is 24.3 Å². The largest absolute Gasteiger partial charge is 0.338 e. The van der Waals surface area contributed by atoms with Gasteiger partial charge < -0.3 is 4.90 Å². The average Bonchev–Trinajstić information content (AvgIpc) is 2.84. The van der Waals surface area contributed by atoms with E-state index in [2.05, 4.69) is 0 Å². The van der Waals surface area contributed by atoms with Crippen molar-refractivity contribution in [2.75, 3.05) is 17.4 Å². The van der Waals surface area contributed by atoms with E-state index in [-0.39, 0.29) is 28.7 Å². The molecule has 0 unspecified atom stereocenters. The number of Topliss-reactive ketones (excluding diaryl/α,β-unsaturated/α-hetero) is 1. The van der Waals surface area contributed by atoms with Crippen molar-refractivity contribution in [1.82, 2.24) is 4.90 Å². The van der Waals surface area contributed by atoms with Gasteiger partial charge in [-0.05, 0) is 48.0 Å². The van der Waals surface area contributed by atoms with Gasteiger partial charge in [0.1, 0.15) is 5.78 Å². The van der Waals surface area contributed by atoms with Crippen molar-refractivity contribution in [1.29, 1.82) is 0 Å². The molecule has 1 saturated heterocycles. The van der Waals surface area contributed by atoms with Gasteiger partial charge in [-0.25, -0.2) is 8.42 Å². The molecule has 8 heteroatoms. The highest BCUT2D eigenvalue weighted by molar-refractivity contribution is 7.92. The van der Waals surface area contributed by atoms with Crippen LogP contribution in [0.1, 0.15) is 28.8 Å². The van der Waals surface area contributed by atoms with Gasteiger partial charge in [-0.1, -0.05) is 48.0 Å². The Hall–Kier alpha value is -3.16. The van der Waals surface area contributed by atoms with Crippen LogP contribution in [0.25, 0.3) is 0 Å². The van der Waals surface area contributed by atoms with Crippen molar-refractivity contribution >= 4 is 39.0 Å². The molecule has 3 aromatic carbocycles. The number of piperidine rings is 1. The van der Waals surface area contributed by atoms with Crippen LogP contribution in [-0.4, -0.2) is 38.1 Å². The Bertz CT molecular complexity index is 1250. The van der Waals surface area contributed by atoms with Crippen LogP contribution in [0.5, 0.6) is 0 Å². The zero-order valence-electron chi connectivity index (χ0n) is 17.9. The van der Waals surface area contributed by atoms with E-state index in [1.807, 2.05) is 30.3 Å². The number of rotatable bonds is 6. The van der Waals surface area contributed by atoms with Gasteiger partial charge in [-0.3, -0.25) is 13.9 Å². The molecule has 0 aliphatic carbocycles. The highest BCUT2D eigenvalue weighted by Crippen LogP contribution is 2.28. The number of carbonyl (C=O) groups is 2. The predicted octanol–water partition coefficient (Wildman–Crippen LogP) is 4.54. The molecule has 0 atom stereocenters. The molecule has 0 bridgehead atoms. The van der Waals surface area contributed by atoms with Gasteiger partial charge >= 0.3 is 0 Å². The van der Waals surface area contributed by atoms with Crippen LogP contribution in [0.3, 0.4) is 0 Å². The van der Waals surface area contributed by atoms with Gasteiger partial charge in [-0.15, -0.1) is 0 Å². The van der Waals surface area contributed by atoms with E-state index in [1.54, 1.807) is 41.3 Å². The smallest absolute Gasteiger partial charge is 0.264 e. The Labute approximate surface area is 198 Å². The highest BCUT2D eigenvalue weighted by Gasteiger charge is 2.28. The number of ketones is 1. The summed E-state index contributed by atoms with van der Waals surface area (Å²) in [7, 11) is -4.00. The topological polar surface area (TPSA) is 74.8 Å². The summed E-state index contributed by atoms with van der Waals surface area (Å²) in [6, 6.07) is 21.9. The molecular weight excluding hydrogens is 460 g/mol. The Morgan fingerprint density at radius 2 is 1.58 bits per heavy atom. The van der Waals surface area contributed by atoms with Crippen molar-refractivity contribution in [2.24, 2.45) is 0 Å². The van der Waals surface area contributed by atoms with Crippen molar-refractivity contribution in [3.63, 3.8) is 0 Å². The van der Waals surface area contributed by atoms with E-state index in [0.29, 0.717) is 36.6 Å². The second kappa shape index (κ2) is 9.77. The summed E-state index contributed by atoms with van der Waals surface area (Å²) < 4.78 is 28.8. The molecule has 0 spiro atoms. The molecule has 0 aromatic heterocycles. The monoisotopic (exact) mass is 482 g/mol. The van der Waals surface area contributed by atoms with E-state index in [4.69, 9.17) is 11.6 Å². The van der Waals surface area contributed by atoms with Gasteiger partial charge in [0.15, 0.2) is 0 Å². The third kappa shape index (κ3) is 5.26. The Morgan fingerprint density at radius 1 is 0.909 bits per heavy atom. The van der Waals surface area contributed by atoms with Crippen LogP contribution in [0.4, 0.5) is 5.69 Å². The molecule has 4 rings (SSSR count). The molecule has 6 nitrogen and oxygen atoms in total. The van der Waals surface area contributed by atoms with Crippen molar-refractivity contribution in [3.05, 3.63) is 95.0 Å². The first-order valence-electron chi connectivity index (χ1n) is 10.6. The van der Waals surface area contributed by atoms with Crippen LogP contribution in [-0.2, 0) is 21.4 Å². The first-order valence-corrected chi connectivity index (χ1v) is 12.4. The summed E-state index contributed by atoms with van der Waals surface area (Å²) in [5.41, 5.74) is 1.57. The van der Waals surface area contributed by atoms with Crippen LogP contribution >= 0.6 is 11.6 Å². The summed E-state index contributed by atoms with van der Waals surface area (Å²) in [6.07, 6.45) is 0.649. The Balaban J connectivity index is 1.68. The SMILES string of the molecule is O=C1CCN(C(=O)c2cccc(S(=O)(=O)N(Cc3ccccc3)c3ccc(Cl)cc3)c2)CC1. The number of carbonyl (C=O) groups excluding carboxylic acids is 2. The first-order chi connectivity index (χ1) is 15.8. The lowest BCUT2D eigenvalue weighted by atomic mass is 10.1. The van der Waals surface area contributed by atoms with Gasteiger partial charge in [-0.2, -0.15) is 0 Å². The van der Waals surface area contributed by atoms with Crippen LogP contribution in [0.2, 0.25) is 5.02 Å². The van der Waals surface area contributed by atoms with Gasteiger partial charge in [0.05, 0.1) is 17.1 Å². The third-order valence-electron chi connectivity index (χ3n) is 5.56. The molecule has 1 aliphatic heterocycles.